The number of amides is 1. The molecule has 1 aliphatic rings. The summed E-state index contributed by atoms with van der Waals surface area (Å²) in [5.41, 5.74) is 1.29. The van der Waals surface area contributed by atoms with Gasteiger partial charge in [0.15, 0.2) is 5.96 Å². The van der Waals surface area contributed by atoms with E-state index < -0.39 is 0 Å². The van der Waals surface area contributed by atoms with Gasteiger partial charge in [0.1, 0.15) is 0 Å². The van der Waals surface area contributed by atoms with Crippen LogP contribution in [0.15, 0.2) is 35.3 Å². The van der Waals surface area contributed by atoms with Gasteiger partial charge in [-0.25, -0.2) is 0 Å². The molecule has 6 nitrogen and oxygen atoms in total. The summed E-state index contributed by atoms with van der Waals surface area (Å²) in [6.07, 6.45) is 2.07. The van der Waals surface area contributed by atoms with E-state index in [1.807, 2.05) is 6.07 Å². The normalized spacial score (nSPS) is 15.5. The van der Waals surface area contributed by atoms with Gasteiger partial charge in [-0.15, -0.1) is 0 Å². The summed E-state index contributed by atoms with van der Waals surface area (Å²) < 4.78 is 0. The van der Waals surface area contributed by atoms with Crippen molar-refractivity contribution in [2.24, 2.45) is 10.9 Å². The van der Waals surface area contributed by atoms with Crippen molar-refractivity contribution in [2.45, 2.75) is 39.7 Å². The number of rotatable bonds is 11. The fraction of sp³-hybridized carbons (Fsp3) is 0.619. The fourth-order valence-electron chi connectivity index (χ4n) is 3.15. The van der Waals surface area contributed by atoms with Crippen LogP contribution in [-0.2, 0) is 4.79 Å². The van der Waals surface area contributed by atoms with Crippen molar-refractivity contribution in [3.05, 3.63) is 35.9 Å². The topological polar surface area (TPSA) is 68.8 Å². The molecule has 150 valence electrons. The first-order valence-electron chi connectivity index (χ1n) is 10.3. The van der Waals surface area contributed by atoms with Crippen molar-refractivity contribution in [3.8, 4) is 0 Å². The lowest BCUT2D eigenvalue weighted by Crippen LogP contribution is -2.42. The van der Waals surface area contributed by atoms with E-state index in [4.69, 9.17) is 4.99 Å². The molecule has 0 spiro atoms. The van der Waals surface area contributed by atoms with Crippen molar-refractivity contribution in [1.82, 2.24) is 20.9 Å². The third-order valence-corrected chi connectivity index (χ3v) is 4.87. The minimum absolute atomic E-state index is 0.185. The standard InChI is InChI=1S/C21H35N5O/c1-4-22-21(24-15-14-23-20(27)18-12-13-18)25-16-19(26(5-2)6-3)17-10-8-7-9-11-17/h7-11,18-19H,4-6,12-16H2,1-3H3,(H,23,27)(H2,22,24,25). The van der Waals surface area contributed by atoms with Crippen LogP contribution in [0.3, 0.4) is 0 Å². The van der Waals surface area contributed by atoms with Gasteiger partial charge in [-0.05, 0) is 38.4 Å². The van der Waals surface area contributed by atoms with E-state index in [1.54, 1.807) is 0 Å². The maximum Gasteiger partial charge on any atom is 0.223 e. The highest BCUT2D eigenvalue weighted by atomic mass is 16.2. The largest absolute Gasteiger partial charge is 0.357 e. The molecule has 1 amide bonds. The number of carbonyl (C=O) groups excluding carboxylic acids is 1. The van der Waals surface area contributed by atoms with Crippen molar-refractivity contribution in [1.29, 1.82) is 0 Å². The third-order valence-electron chi connectivity index (χ3n) is 4.87. The Kier molecular flexibility index (Phi) is 9.11. The van der Waals surface area contributed by atoms with E-state index in [2.05, 4.69) is 65.9 Å². The van der Waals surface area contributed by atoms with Gasteiger partial charge in [-0.1, -0.05) is 44.2 Å². The summed E-state index contributed by atoms with van der Waals surface area (Å²) in [4.78, 5) is 18.9. The number of aliphatic imine (C=N–C) groups is 1. The van der Waals surface area contributed by atoms with E-state index in [0.717, 1.165) is 38.4 Å². The molecule has 3 N–H and O–H groups in total. The van der Waals surface area contributed by atoms with Gasteiger partial charge in [0.05, 0.1) is 12.6 Å². The second-order valence-electron chi connectivity index (χ2n) is 6.86. The van der Waals surface area contributed by atoms with E-state index >= 15 is 0 Å². The fourth-order valence-corrected chi connectivity index (χ4v) is 3.15. The first kappa shape index (κ1) is 21.2. The van der Waals surface area contributed by atoms with Crippen molar-refractivity contribution >= 4 is 11.9 Å². The van der Waals surface area contributed by atoms with Crippen LogP contribution < -0.4 is 16.0 Å². The van der Waals surface area contributed by atoms with Gasteiger partial charge >= 0.3 is 0 Å². The number of hydrogen-bond acceptors (Lipinski definition) is 3. The van der Waals surface area contributed by atoms with Crippen LogP contribution in [-0.4, -0.2) is 56.0 Å². The van der Waals surface area contributed by atoms with Crippen LogP contribution in [0.1, 0.15) is 45.2 Å². The summed E-state index contributed by atoms with van der Waals surface area (Å²) in [6, 6.07) is 10.8. The average molecular weight is 374 g/mol. The minimum atomic E-state index is 0.185. The van der Waals surface area contributed by atoms with E-state index in [0.29, 0.717) is 19.6 Å². The molecule has 0 heterocycles. The van der Waals surface area contributed by atoms with Crippen LogP contribution in [0, 0.1) is 5.92 Å². The van der Waals surface area contributed by atoms with Crippen LogP contribution in [0.25, 0.3) is 0 Å². The lowest BCUT2D eigenvalue weighted by molar-refractivity contribution is -0.122. The molecule has 1 unspecified atom stereocenters. The number of benzene rings is 1. The monoisotopic (exact) mass is 373 g/mol. The molecule has 0 aliphatic heterocycles. The highest BCUT2D eigenvalue weighted by Gasteiger charge is 2.29. The Labute approximate surface area is 163 Å². The van der Waals surface area contributed by atoms with Gasteiger partial charge in [-0.3, -0.25) is 14.7 Å². The summed E-state index contributed by atoms with van der Waals surface area (Å²) in [6.45, 7) is 11.2. The second kappa shape index (κ2) is 11.6. The number of carbonyl (C=O) groups is 1. The van der Waals surface area contributed by atoms with Gasteiger partial charge < -0.3 is 16.0 Å². The molecule has 27 heavy (non-hydrogen) atoms. The number of likely N-dealkylation sites (N-methyl/N-ethyl adjacent to an activating group) is 1. The molecule has 1 fully saturated rings. The molecular weight excluding hydrogens is 338 g/mol. The van der Waals surface area contributed by atoms with Gasteiger partial charge in [0.25, 0.3) is 0 Å². The Bertz CT molecular complexity index is 581. The predicted molar refractivity (Wildman–Crippen MR) is 112 cm³/mol. The zero-order chi connectivity index (χ0) is 19.5. The molecule has 0 bridgehead atoms. The van der Waals surface area contributed by atoms with E-state index in [9.17, 15) is 4.79 Å². The smallest absolute Gasteiger partial charge is 0.223 e. The molecule has 1 atom stereocenters. The summed E-state index contributed by atoms with van der Waals surface area (Å²) >= 11 is 0. The Balaban J connectivity index is 1.92. The molecule has 0 radical (unpaired) electrons. The van der Waals surface area contributed by atoms with Crippen LogP contribution in [0.2, 0.25) is 0 Å². The molecule has 0 aromatic heterocycles. The van der Waals surface area contributed by atoms with Crippen molar-refractivity contribution in [3.63, 3.8) is 0 Å². The number of hydrogen-bond donors (Lipinski definition) is 3. The van der Waals surface area contributed by atoms with E-state index in [1.165, 1.54) is 5.56 Å². The molecular formula is C21H35N5O. The third kappa shape index (κ3) is 7.21. The number of guanidine groups is 1. The Hall–Kier alpha value is -2.08. The second-order valence-corrected chi connectivity index (χ2v) is 6.86. The Morgan fingerprint density at radius 1 is 1.07 bits per heavy atom. The first-order valence-corrected chi connectivity index (χ1v) is 10.3. The molecule has 6 heteroatoms. The molecule has 1 aromatic carbocycles. The lowest BCUT2D eigenvalue weighted by Gasteiger charge is -2.29. The van der Waals surface area contributed by atoms with Gasteiger partial charge in [0.2, 0.25) is 5.91 Å². The molecule has 2 rings (SSSR count). The highest BCUT2D eigenvalue weighted by Crippen LogP contribution is 2.28. The maximum atomic E-state index is 11.7. The predicted octanol–water partition coefficient (Wildman–Crippen LogP) is 2.15. The van der Waals surface area contributed by atoms with Crippen LogP contribution in [0.4, 0.5) is 0 Å². The molecule has 0 saturated heterocycles. The molecule has 1 aliphatic carbocycles. The van der Waals surface area contributed by atoms with Crippen LogP contribution in [0.5, 0.6) is 0 Å². The molecule has 1 aromatic rings. The van der Waals surface area contributed by atoms with Gasteiger partial charge in [0, 0.05) is 25.6 Å². The zero-order valence-corrected chi connectivity index (χ0v) is 17.0. The zero-order valence-electron chi connectivity index (χ0n) is 17.0. The quantitative estimate of drug-likeness (QED) is 0.316. The number of nitrogens with zero attached hydrogens (tertiary/aromatic N) is 2. The highest BCUT2D eigenvalue weighted by molar-refractivity contribution is 5.81. The van der Waals surface area contributed by atoms with Crippen LogP contribution >= 0.6 is 0 Å². The van der Waals surface area contributed by atoms with Crippen molar-refractivity contribution in [2.75, 3.05) is 39.3 Å². The Morgan fingerprint density at radius 3 is 2.33 bits per heavy atom. The van der Waals surface area contributed by atoms with Crippen molar-refractivity contribution < 1.29 is 4.79 Å². The first-order chi connectivity index (χ1) is 13.2. The maximum absolute atomic E-state index is 11.7. The van der Waals surface area contributed by atoms with Gasteiger partial charge in [-0.2, -0.15) is 0 Å². The summed E-state index contributed by atoms with van der Waals surface area (Å²) in [5, 5.41) is 9.59. The Morgan fingerprint density at radius 2 is 1.74 bits per heavy atom. The summed E-state index contributed by atoms with van der Waals surface area (Å²) in [7, 11) is 0. The molecule has 1 saturated carbocycles. The minimum Gasteiger partial charge on any atom is -0.357 e. The lowest BCUT2D eigenvalue weighted by atomic mass is 10.1. The summed E-state index contributed by atoms with van der Waals surface area (Å²) in [5.74, 6) is 1.24. The number of nitrogens with one attached hydrogen (secondary N) is 3. The van der Waals surface area contributed by atoms with E-state index in [-0.39, 0.29) is 17.9 Å². The SMILES string of the molecule is CCNC(=NCC(c1ccccc1)N(CC)CC)NCCNC(=O)C1CC1. The average Bonchev–Trinajstić information content (AvgIpc) is 3.54.